The minimum absolute atomic E-state index is 0.913. The summed E-state index contributed by atoms with van der Waals surface area (Å²) in [4.78, 5) is 0. The second-order valence-electron chi connectivity index (χ2n) is 12.0. The Labute approximate surface area is 258 Å². The van der Waals surface area contributed by atoms with Crippen LogP contribution in [0.2, 0.25) is 0 Å². The van der Waals surface area contributed by atoms with Gasteiger partial charge in [0.25, 0.3) is 0 Å². The van der Waals surface area contributed by atoms with E-state index in [9.17, 15) is 0 Å². The van der Waals surface area contributed by atoms with Crippen LogP contribution in [0.3, 0.4) is 0 Å². The van der Waals surface area contributed by atoms with Crippen LogP contribution in [-0.4, -0.2) is 4.57 Å². The van der Waals surface area contributed by atoms with Crippen molar-refractivity contribution in [3.05, 3.63) is 151 Å². The van der Waals surface area contributed by atoms with Gasteiger partial charge < -0.3 is 13.4 Å². The number of allylic oxidation sites excluding steroid dienone is 4. The van der Waals surface area contributed by atoms with E-state index >= 15 is 0 Å². The van der Waals surface area contributed by atoms with Gasteiger partial charge in [-0.3, -0.25) is 0 Å². The minimum atomic E-state index is 0.913. The third-order valence-corrected chi connectivity index (χ3v) is 9.48. The lowest BCUT2D eigenvalue weighted by atomic mass is 9.90. The number of nitrogens with zero attached hydrogens (tertiary/aromatic N) is 1. The van der Waals surface area contributed by atoms with E-state index < -0.39 is 0 Å². The Kier molecular flexibility index (Phi) is 5.11. The minimum Gasteiger partial charge on any atom is -0.456 e. The fourth-order valence-corrected chi connectivity index (χ4v) is 7.34. The summed E-state index contributed by atoms with van der Waals surface area (Å²) < 4.78 is 14.6. The Hall–Kier alpha value is -5.80. The molecule has 45 heavy (non-hydrogen) atoms. The lowest BCUT2D eigenvalue weighted by Gasteiger charge is -2.15. The average Bonchev–Trinajstić information content (AvgIpc) is 3.77. The van der Waals surface area contributed by atoms with Crippen LogP contribution in [0.25, 0.3) is 82.5 Å². The second-order valence-corrected chi connectivity index (χ2v) is 12.0. The van der Waals surface area contributed by atoms with Crippen molar-refractivity contribution < 1.29 is 8.83 Å². The van der Waals surface area contributed by atoms with Crippen molar-refractivity contribution in [2.24, 2.45) is 0 Å². The predicted octanol–water partition coefficient (Wildman–Crippen LogP) is 11.8. The van der Waals surface area contributed by atoms with E-state index in [1.54, 1.807) is 0 Å². The average molecular weight is 578 g/mol. The summed E-state index contributed by atoms with van der Waals surface area (Å²) in [6.45, 7) is 0. The number of rotatable bonds is 3. The van der Waals surface area contributed by atoms with E-state index in [4.69, 9.17) is 8.83 Å². The molecule has 3 heteroatoms. The lowest BCUT2D eigenvalue weighted by Crippen LogP contribution is -1.95. The number of fused-ring (bicyclic) bond motifs is 9. The molecule has 0 unspecified atom stereocenters. The summed E-state index contributed by atoms with van der Waals surface area (Å²) in [5.41, 5.74) is 12.4. The van der Waals surface area contributed by atoms with Crippen LogP contribution in [0.15, 0.2) is 148 Å². The van der Waals surface area contributed by atoms with E-state index in [1.165, 1.54) is 49.5 Å². The zero-order chi connectivity index (χ0) is 29.5. The monoisotopic (exact) mass is 577 g/mol. The van der Waals surface area contributed by atoms with Crippen LogP contribution >= 0.6 is 0 Å². The molecule has 0 aliphatic heterocycles. The van der Waals surface area contributed by atoms with Gasteiger partial charge in [0, 0.05) is 38.0 Å². The highest BCUT2D eigenvalue weighted by atomic mass is 16.3. The largest absolute Gasteiger partial charge is 0.456 e. The molecule has 1 aliphatic rings. The molecule has 0 saturated carbocycles. The molecule has 3 aromatic heterocycles. The fraction of sp³-hybridized carbons (Fsp3) is 0.0476. The van der Waals surface area contributed by atoms with Crippen LogP contribution < -0.4 is 0 Å². The Bertz CT molecular complexity index is 2710. The summed E-state index contributed by atoms with van der Waals surface area (Å²) >= 11 is 0. The van der Waals surface area contributed by atoms with Gasteiger partial charge in [-0.05, 0) is 95.8 Å². The molecule has 1 aliphatic carbocycles. The summed E-state index contributed by atoms with van der Waals surface area (Å²) in [6.07, 6.45) is 6.79. The molecule has 9 aromatic rings. The standard InChI is InChI=1S/C42H27NO2/c1-4-13-37-31(10-1)34-23-28(16-19-38(34)43(37)30-18-21-42-36(25-30)33-12-3-6-15-40(33)45-42)26-8-7-9-27(22-26)29-17-20-41-35(24-29)32-11-2-5-14-39(32)44-41/h1-6,9-25H,7-8H2. The van der Waals surface area contributed by atoms with E-state index in [-0.39, 0.29) is 0 Å². The molecule has 0 saturated heterocycles. The zero-order valence-corrected chi connectivity index (χ0v) is 24.5. The first-order valence-electron chi connectivity index (χ1n) is 15.6. The normalized spacial score (nSPS) is 13.9. The van der Waals surface area contributed by atoms with Crippen LogP contribution in [-0.2, 0) is 0 Å². The molecule has 3 heterocycles. The van der Waals surface area contributed by atoms with Gasteiger partial charge in [0.1, 0.15) is 22.3 Å². The molecule has 0 atom stereocenters. The maximum Gasteiger partial charge on any atom is 0.135 e. The molecular formula is C42H27NO2. The number of furan rings is 2. The molecule has 0 amide bonds. The quantitative estimate of drug-likeness (QED) is 0.209. The number of aromatic nitrogens is 1. The van der Waals surface area contributed by atoms with Gasteiger partial charge in [-0.1, -0.05) is 78.9 Å². The summed E-state index contributed by atoms with van der Waals surface area (Å²) in [5, 5.41) is 7.14. The van der Waals surface area contributed by atoms with Crippen molar-refractivity contribution in [2.75, 3.05) is 0 Å². The zero-order valence-electron chi connectivity index (χ0n) is 24.5. The van der Waals surface area contributed by atoms with Gasteiger partial charge in [0.15, 0.2) is 0 Å². The summed E-state index contributed by atoms with van der Waals surface area (Å²) in [7, 11) is 0. The highest BCUT2D eigenvalue weighted by Gasteiger charge is 2.17. The molecular weight excluding hydrogens is 550 g/mol. The topological polar surface area (TPSA) is 31.2 Å². The molecule has 0 bridgehead atoms. The first kappa shape index (κ1) is 24.6. The Balaban J connectivity index is 1.10. The van der Waals surface area contributed by atoms with Gasteiger partial charge >= 0.3 is 0 Å². The maximum absolute atomic E-state index is 6.13. The molecule has 10 rings (SSSR count). The summed E-state index contributed by atoms with van der Waals surface area (Å²) in [5.74, 6) is 0. The number of para-hydroxylation sites is 3. The van der Waals surface area contributed by atoms with E-state index in [0.717, 1.165) is 57.0 Å². The predicted molar refractivity (Wildman–Crippen MR) is 187 cm³/mol. The third-order valence-electron chi connectivity index (χ3n) is 9.48. The molecule has 0 radical (unpaired) electrons. The fourth-order valence-electron chi connectivity index (χ4n) is 7.34. The Morgan fingerprint density at radius 2 is 1.07 bits per heavy atom. The van der Waals surface area contributed by atoms with Crippen LogP contribution in [0.4, 0.5) is 0 Å². The Morgan fingerprint density at radius 3 is 1.87 bits per heavy atom. The van der Waals surface area contributed by atoms with Gasteiger partial charge in [0.05, 0.1) is 11.0 Å². The first-order valence-corrected chi connectivity index (χ1v) is 15.6. The lowest BCUT2D eigenvalue weighted by molar-refractivity contribution is 0.668. The van der Waals surface area contributed by atoms with Crippen molar-refractivity contribution in [3.63, 3.8) is 0 Å². The van der Waals surface area contributed by atoms with Crippen molar-refractivity contribution >= 4 is 76.8 Å². The molecule has 3 nitrogen and oxygen atoms in total. The SMILES string of the molecule is C1=C(c2ccc3oc4ccccc4c3c2)C=C(c2ccc3c(c2)c2ccccc2n3-c2ccc3oc4ccccc4c3c2)CC1. The molecule has 212 valence electrons. The highest BCUT2D eigenvalue weighted by Crippen LogP contribution is 2.39. The van der Waals surface area contributed by atoms with Crippen molar-refractivity contribution in [3.8, 4) is 5.69 Å². The molecule has 0 fully saturated rings. The Morgan fingerprint density at radius 1 is 0.467 bits per heavy atom. The van der Waals surface area contributed by atoms with E-state index in [2.05, 4.69) is 120 Å². The maximum atomic E-state index is 6.13. The van der Waals surface area contributed by atoms with Gasteiger partial charge in [0.2, 0.25) is 0 Å². The third kappa shape index (κ3) is 3.71. The summed E-state index contributed by atoms with van der Waals surface area (Å²) in [6, 6.07) is 45.4. The van der Waals surface area contributed by atoms with Gasteiger partial charge in [-0.2, -0.15) is 0 Å². The van der Waals surface area contributed by atoms with Crippen molar-refractivity contribution in [1.29, 1.82) is 0 Å². The molecule has 6 aromatic carbocycles. The highest BCUT2D eigenvalue weighted by molar-refractivity contribution is 6.12. The molecule has 0 N–H and O–H groups in total. The number of hydrogen-bond acceptors (Lipinski definition) is 2. The molecule has 0 spiro atoms. The number of benzene rings is 6. The first-order chi connectivity index (χ1) is 22.3. The number of hydrogen-bond donors (Lipinski definition) is 0. The van der Waals surface area contributed by atoms with Crippen LogP contribution in [0.1, 0.15) is 24.0 Å². The van der Waals surface area contributed by atoms with Crippen molar-refractivity contribution in [2.45, 2.75) is 12.8 Å². The van der Waals surface area contributed by atoms with Crippen LogP contribution in [0.5, 0.6) is 0 Å². The van der Waals surface area contributed by atoms with Gasteiger partial charge in [-0.15, -0.1) is 0 Å². The van der Waals surface area contributed by atoms with E-state index in [0.29, 0.717) is 0 Å². The van der Waals surface area contributed by atoms with Crippen LogP contribution in [0, 0.1) is 0 Å². The van der Waals surface area contributed by atoms with Crippen molar-refractivity contribution in [1.82, 2.24) is 4.57 Å². The smallest absolute Gasteiger partial charge is 0.135 e. The second kappa shape index (κ2) is 9.35. The van der Waals surface area contributed by atoms with E-state index in [1.807, 2.05) is 24.3 Å². The van der Waals surface area contributed by atoms with Gasteiger partial charge in [-0.25, -0.2) is 0 Å².